The van der Waals surface area contributed by atoms with Gasteiger partial charge in [-0.2, -0.15) is 11.1 Å². The molecule has 60 valence electrons. The smallest absolute Gasteiger partial charge is 0.156 e. The van der Waals surface area contributed by atoms with E-state index in [0.29, 0.717) is 0 Å². The third-order valence-corrected chi connectivity index (χ3v) is 3.79. The average Bonchev–Trinajstić information content (AvgIpc) is 2.17. The molecule has 0 heterocycles. The Morgan fingerprint density at radius 1 is 0.917 bits per heavy atom. The Labute approximate surface area is 78.7 Å². The molecule has 0 unspecified atom stereocenters. The van der Waals surface area contributed by atoms with Gasteiger partial charge in [0.05, 0.1) is 0 Å². The third-order valence-electron chi connectivity index (χ3n) is 2.02. The van der Waals surface area contributed by atoms with Gasteiger partial charge in [0.15, 0.2) is 8.83 Å². The first-order valence-corrected chi connectivity index (χ1v) is 6.79. The van der Waals surface area contributed by atoms with Crippen LogP contribution in [-0.4, -0.2) is 8.83 Å². The molecule has 0 N–H and O–H groups in total. The minimum absolute atomic E-state index is 0.558. The highest BCUT2D eigenvalue weighted by Crippen LogP contribution is 2.10. The Bertz CT molecular complexity index is 392. The molecule has 0 radical (unpaired) electrons. The van der Waals surface area contributed by atoms with Crippen LogP contribution >= 0.6 is 11.1 Å². The van der Waals surface area contributed by atoms with Crippen LogP contribution in [0.3, 0.4) is 0 Å². The lowest BCUT2D eigenvalue weighted by molar-refractivity contribution is 1.78. The van der Waals surface area contributed by atoms with Crippen molar-refractivity contribution in [3.05, 3.63) is 42.5 Å². The van der Waals surface area contributed by atoms with Gasteiger partial charge in [-0.15, -0.1) is 0 Å². The number of hydrogen-bond donors (Lipinski definition) is 0. The predicted octanol–water partition coefficient (Wildman–Crippen LogP) is 1.79. The van der Waals surface area contributed by atoms with Crippen LogP contribution in [0.1, 0.15) is 0 Å². The molecule has 0 aromatic heterocycles. The number of rotatable bonds is 1. The fourth-order valence-electron chi connectivity index (χ4n) is 1.41. The third kappa shape index (κ3) is 1.26. The van der Waals surface area contributed by atoms with Gasteiger partial charge in [0.25, 0.3) is 0 Å². The summed E-state index contributed by atoms with van der Waals surface area (Å²) in [5, 5.41) is 3.96. The summed E-state index contributed by atoms with van der Waals surface area (Å²) in [6.07, 6.45) is 0. The van der Waals surface area contributed by atoms with Crippen LogP contribution in [0, 0.1) is 0 Å². The Kier molecular flexibility index (Phi) is 2.15. The van der Waals surface area contributed by atoms with Gasteiger partial charge in [0, 0.05) is 0 Å². The van der Waals surface area contributed by atoms with Crippen molar-refractivity contribution in [2.45, 2.75) is 0 Å². The second kappa shape index (κ2) is 3.29. The largest absolute Gasteiger partial charge is 0.170 e. The molecule has 0 saturated heterocycles. The van der Waals surface area contributed by atoms with Crippen molar-refractivity contribution in [1.82, 2.24) is 0 Å². The van der Waals surface area contributed by atoms with E-state index in [9.17, 15) is 0 Å². The van der Waals surface area contributed by atoms with Crippen molar-refractivity contribution < 1.29 is 0 Å². The first kappa shape index (κ1) is 7.84. The maximum Gasteiger partial charge on any atom is 0.156 e. The zero-order valence-electron chi connectivity index (χ0n) is 6.63. The zero-order chi connectivity index (χ0) is 8.39. The van der Waals surface area contributed by atoms with E-state index in [-0.39, 0.29) is 0 Å². The molecule has 0 atom stereocenters. The SMILES string of the molecule is Cl[SiH2]c1cccc2ccccc12. The molecule has 0 fully saturated rings. The van der Waals surface area contributed by atoms with E-state index in [1.165, 1.54) is 16.0 Å². The van der Waals surface area contributed by atoms with Gasteiger partial charge < -0.3 is 0 Å². The lowest BCUT2D eigenvalue weighted by Crippen LogP contribution is -2.08. The summed E-state index contributed by atoms with van der Waals surface area (Å²) in [4.78, 5) is 0. The van der Waals surface area contributed by atoms with Gasteiger partial charge in [0.1, 0.15) is 0 Å². The summed E-state index contributed by atoms with van der Waals surface area (Å²) in [5.74, 6) is 0. The van der Waals surface area contributed by atoms with Crippen molar-refractivity contribution in [2.75, 3.05) is 0 Å². The Morgan fingerprint density at radius 3 is 2.50 bits per heavy atom. The molecular weight excluding hydrogens is 184 g/mol. The lowest BCUT2D eigenvalue weighted by Gasteiger charge is -2.01. The van der Waals surface area contributed by atoms with E-state index in [1.54, 1.807) is 0 Å². The second-order valence-corrected chi connectivity index (χ2v) is 4.60. The molecule has 2 heteroatoms. The second-order valence-electron chi connectivity index (χ2n) is 2.77. The molecule has 0 amide bonds. The number of hydrogen-bond acceptors (Lipinski definition) is 0. The first-order valence-electron chi connectivity index (χ1n) is 3.94. The molecule has 0 nitrogen and oxygen atoms in total. The highest BCUT2D eigenvalue weighted by Gasteiger charge is 1.97. The van der Waals surface area contributed by atoms with Gasteiger partial charge >= 0.3 is 0 Å². The van der Waals surface area contributed by atoms with Crippen LogP contribution in [0.25, 0.3) is 10.8 Å². The summed E-state index contributed by atoms with van der Waals surface area (Å²) >= 11 is 5.94. The highest BCUT2D eigenvalue weighted by molar-refractivity contribution is 7.02. The molecular formula is C10H9ClSi. The lowest BCUT2D eigenvalue weighted by atomic mass is 10.1. The van der Waals surface area contributed by atoms with E-state index in [4.69, 9.17) is 11.1 Å². The Hall–Kier alpha value is -0.793. The Morgan fingerprint density at radius 2 is 1.67 bits per heavy atom. The van der Waals surface area contributed by atoms with Crippen molar-refractivity contribution in [1.29, 1.82) is 0 Å². The van der Waals surface area contributed by atoms with Gasteiger partial charge in [-0.25, -0.2) is 0 Å². The van der Waals surface area contributed by atoms with E-state index < -0.39 is 8.83 Å². The minimum atomic E-state index is -0.558. The summed E-state index contributed by atoms with van der Waals surface area (Å²) in [6.45, 7) is 0. The molecule has 0 saturated carbocycles. The number of benzene rings is 2. The van der Waals surface area contributed by atoms with E-state index in [0.717, 1.165) is 0 Å². The van der Waals surface area contributed by atoms with Crippen LogP contribution in [-0.2, 0) is 0 Å². The topological polar surface area (TPSA) is 0 Å². The van der Waals surface area contributed by atoms with Crippen LogP contribution in [0.2, 0.25) is 0 Å². The maximum absolute atomic E-state index is 5.94. The van der Waals surface area contributed by atoms with Gasteiger partial charge in [-0.05, 0) is 16.0 Å². The molecule has 12 heavy (non-hydrogen) atoms. The summed E-state index contributed by atoms with van der Waals surface area (Å²) in [5.41, 5.74) is 0. The summed E-state index contributed by atoms with van der Waals surface area (Å²) < 4.78 is 0. The molecule has 2 aromatic rings. The monoisotopic (exact) mass is 192 g/mol. The van der Waals surface area contributed by atoms with Crippen LogP contribution < -0.4 is 5.19 Å². The summed E-state index contributed by atoms with van der Waals surface area (Å²) in [7, 11) is -0.558. The average molecular weight is 193 g/mol. The van der Waals surface area contributed by atoms with E-state index >= 15 is 0 Å². The molecule has 0 spiro atoms. The van der Waals surface area contributed by atoms with Crippen molar-refractivity contribution in [3.63, 3.8) is 0 Å². The van der Waals surface area contributed by atoms with Gasteiger partial charge in [-0.3, -0.25) is 0 Å². The zero-order valence-corrected chi connectivity index (χ0v) is 8.80. The molecule has 0 bridgehead atoms. The normalized spacial score (nSPS) is 11.4. The number of fused-ring (bicyclic) bond motifs is 1. The van der Waals surface area contributed by atoms with Crippen molar-refractivity contribution in [3.8, 4) is 0 Å². The summed E-state index contributed by atoms with van der Waals surface area (Å²) in [6, 6.07) is 14.7. The maximum atomic E-state index is 5.94. The quantitative estimate of drug-likeness (QED) is 0.478. The molecule has 0 aliphatic rings. The fraction of sp³-hybridized carbons (Fsp3) is 0. The number of halogens is 1. The Balaban J connectivity index is 2.79. The minimum Gasteiger partial charge on any atom is -0.170 e. The van der Waals surface area contributed by atoms with Gasteiger partial charge in [0.2, 0.25) is 0 Å². The molecule has 0 aliphatic heterocycles. The van der Waals surface area contributed by atoms with E-state index in [2.05, 4.69) is 42.5 Å². The van der Waals surface area contributed by atoms with Crippen LogP contribution in [0.15, 0.2) is 42.5 Å². The van der Waals surface area contributed by atoms with E-state index in [1.807, 2.05) is 0 Å². The van der Waals surface area contributed by atoms with Crippen molar-refractivity contribution in [2.24, 2.45) is 0 Å². The first-order chi connectivity index (χ1) is 5.92. The van der Waals surface area contributed by atoms with Crippen LogP contribution in [0.5, 0.6) is 0 Å². The van der Waals surface area contributed by atoms with Crippen LogP contribution in [0.4, 0.5) is 0 Å². The van der Waals surface area contributed by atoms with Gasteiger partial charge in [-0.1, -0.05) is 42.5 Å². The molecule has 0 aliphatic carbocycles. The molecule has 2 aromatic carbocycles. The fourth-order valence-corrected chi connectivity index (χ4v) is 2.80. The highest BCUT2D eigenvalue weighted by atomic mass is 35.6. The molecule has 2 rings (SSSR count). The predicted molar refractivity (Wildman–Crippen MR) is 58.0 cm³/mol. The standard InChI is InChI=1S/C10H9ClSi/c11-12-10-7-3-5-8-4-1-2-6-9(8)10/h1-7H,12H2. The van der Waals surface area contributed by atoms with Crippen molar-refractivity contribution >= 4 is 35.9 Å².